The molecule has 178 valence electrons. The van der Waals surface area contributed by atoms with E-state index in [-0.39, 0.29) is 18.0 Å². The molecule has 0 aliphatic heterocycles. The minimum absolute atomic E-state index is 0.194. The van der Waals surface area contributed by atoms with Crippen molar-refractivity contribution in [1.29, 1.82) is 0 Å². The van der Waals surface area contributed by atoms with Crippen LogP contribution in [0, 0.1) is 0 Å². The zero-order chi connectivity index (χ0) is 23.4. The van der Waals surface area contributed by atoms with Crippen LogP contribution in [0.25, 0.3) is 11.4 Å². The highest BCUT2D eigenvalue weighted by Crippen LogP contribution is 2.38. The molecule has 1 unspecified atom stereocenters. The van der Waals surface area contributed by atoms with Gasteiger partial charge in [-0.05, 0) is 50.8 Å². The average molecular weight is 474 g/mol. The Hall–Kier alpha value is -2.75. The Morgan fingerprint density at radius 1 is 1.06 bits per heavy atom. The molecule has 0 radical (unpaired) electrons. The highest BCUT2D eigenvalue weighted by Gasteiger charge is 2.28. The maximum Gasteiger partial charge on any atom is 0.321 e. The van der Waals surface area contributed by atoms with Gasteiger partial charge in [-0.1, -0.05) is 31.0 Å². The number of carbonyl (C=O) groups excluding carboxylic acids is 2. The fourth-order valence-corrected chi connectivity index (χ4v) is 4.99. The molecule has 33 heavy (non-hydrogen) atoms. The van der Waals surface area contributed by atoms with Crippen LogP contribution in [-0.2, 0) is 4.79 Å². The van der Waals surface area contributed by atoms with E-state index in [0.717, 1.165) is 49.9 Å². The molecule has 0 spiro atoms. The number of nitrogens with zero attached hydrogens (tertiary/aromatic N) is 3. The van der Waals surface area contributed by atoms with Crippen LogP contribution in [-0.4, -0.2) is 52.2 Å². The van der Waals surface area contributed by atoms with Crippen LogP contribution in [0.4, 0.5) is 4.79 Å². The van der Waals surface area contributed by atoms with Crippen molar-refractivity contribution in [3.63, 3.8) is 0 Å². The van der Waals surface area contributed by atoms with E-state index in [0.29, 0.717) is 16.7 Å². The van der Waals surface area contributed by atoms with E-state index in [2.05, 4.69) is 25.4 Å². The monoisotopic (exact) mass is 473 g/mol. The minimum Gasteiger partial charge on any atom is -0.493 e. The van der Waals surface area contributed by atoms with Crippen LogP contribution in [0.5, 0.6) is 11.5 Å². The molecule has 1 heterocycles. The van der Waals surface area contributed by atoms with Gasteiger partial charge in [0, 0.05) is 17.6 Å². The smallest absolute Gasteiger partial charge is 0.321 e. The van der Waals surface area contributed by atoms with Crippen LogP contribution in [0.15, 0.2) is 23.4 Å². The number of nitrogens with one attached hydrogen (secondary N) is 2. The third-order valence-electron chi connectivity index (χ3n) is 6.05. The maximum atomic E-state index is 12.6. The molecule has 2 fully saturated rings. The maximum absolute atomic E-state index is 12.6. The van der Waals surface area contributed by atoms with Gasteiger partial charge in [0.15, 0.2) is 22.5 Å². The average Bonchev–Trinajstić information content (AvgIpc) is 3.55. The van der Waals surface area contributed by atoms with Crippen molar-refractivity contribution in [2.75, 3.05) is 14.2 Å². The molecule has 2 aromatic rings. The minimum atomic E-state index is -0.500. The van der Waals surface area contributed by atoms with Gasteiger partial charge in [0.1, 0.15) is 0 Å². The van der Waals surface area contributed by atoms with Crippen molar-refractivity contribution in [3.05, 3.63) is 18.2 Å². The van der Waals surface area contributed by atoms with Gasteiger partial charge in [0.2, 0.25) is 5.91 Å². The quantitative estimate of drug-likeness (QED) is 0.559. The Morgan fingerprint density at radius 2 is 1.79 bits per heavy atom. The molecule has 3 amide bonds. The number of carbonyl (C=O) groups is 2. The van der Waals surface area contributed by atoms with E-state index in [1.165, 1.54) is 18.2 Å². The molecule has 0 saturated heterocycles. The van der Waals surface area contributed by atoms with E-state index >= 15 is 0 Å². The van der Waals surface area contributed by atoms with Gasteiger partial charge >= 0.3 is 6.03 Å². The van der Waals surface area contributed by atoms with Gasteiger partial charge in [-0.3, -0.25) is 14.7 Å². The topological polar surface area (TPSA) is 107 Å². The molecule has 2 saturated carbocycles. The second-order valence-corrected chi connectivity index (χ2v) is 9.84. The second-order valence-electron chi connectivity index (χ2n) is 8.53. The van der Waals surface area contributed by atoms with Crippen LogP contribution in [0.1, 0.15) is 57.9 Å². The summed E-state index contributed by atoms with van der Waals surface area (Å²) in [6.45, 7) is 1.78. The molecule has 2 aliphatic rings. The van der Waals surface area contributed by atoms with E-state index in [1.807, 2.05) is 18.2 Å². The van der Waals surface area contributed by atoms with Crippen molar-refractivity contribution in [2.45, 2.75) is 74.4 Å². The molecule has 4 rings (SSSR count). The summed E-state index contributed by atoms with van der Waals surface area (Å²) in [4.78, 5) is 24.6. The number of rotatable bonds is 8. The van der Waals surface area contributed by atoms with Gasteiger partial charge in [-0.15, -0.1) is 10.2 Å². The summed E-state index contributed by atoms with van der Waals surface area (Å²) in [6.07, 6.45) is 7.53. The first kappa shape index (κ1) is 23.4. The van der Waals surface area contributed by atoms with Gasteiger partial charge in [0.25, 0.3) is 0 Å². The summed E-state index contributed by atoms with van der Waals surface area (Å²) >= 11 is 1.32. The van der Waals surface area contributed by atoms with Crippen LogP contribution < -0.4 is 20.1 Å². The SMILES string of the molecule is COc1ccc(-c2nnc(SC(C)C(=O)NC(=O)NC3CC3)n2C2CCCCC2)cc1OC. The summed E-state index contributed by atoms with van der Waals surface area (Å²) in [5, 5.41) is 14.3. The lowest BCUT2D eigenvalue weighted by Crippen LogP contribution is -2.43. The van der Waals surface area contributed by atoms with E-state index in [4.69, 9.17) is 9.47 Å². The standard InChI is InChI=1S/C23H31N5O4S/c1-14(21(29)25-22(30)24-16-10-11-16)33-23-27-26-20(28(23)17-7-5-4-6-8-17)15-9-12-18(31-2)19(13-15)32-3/h9,12-14,16-17H,4-8,10-11H2,1-3H3,(H2,24,25,29,30). The molecule has 1 aromatic heterocycles. The van der Waals surface area contributed by atoms with Gasteiger partial charge in [-0.25, -0.2) is 4.79 Å². The lowest BCUT2D eigenvalue weighted by molar-refractivity contribution is -0.119. The molecular formula is C23H31N5O4S. The number of hydrogen-bond acceptors (Lipinski definition) is 7. The summed E-state index contributed by atoms with van der Waals surface area (Å²) < 4.78 is 13.0. The van der Waals surface area contributed by atoms with E-state index < -0.39 is 11.3 Å². The molecule has 1 atom stereocenters. The Kier molecular flexibility index (Phi) is 7.42. The third kappa shape index (κ3) is 5.61. The Balaban J connectivity index is 1.58. The summed E-state index contributed by atoms with van der Waals surface area (Å²) in [5.41, 5.74) is 0.874. The molecular weight excluding hydrogens is 442 g/mol. The number of thioether (sulfide) groups is 1. The molecule has 10 heteroatoms. The van der Waals surface area contributed by atoms with E-state index in [9.17, 15) is 9.59 Å². The molecule has 2 N–H and O–H groups in total. The van der Waals surface area contributed by atoms with E-state index in [1.54, 1.807) is 21.1 Å². The zero-order valence-corrected chi connectivity index (χ0v) is 20.1. The Morgan fingerprint density at radius 3 is 2.45 bits per heavy atom. The van der Waals surface area contributed by atoms with Gasteiger partial charge in [-0.2, -0.15) is 0 Å². The van der Waals surface area contributed by atoms with Crippen molar-refractivity contribution in [2.24, 2.45) is 0 Å². The van der Waals surface area contributed by atoms with Crippen molar-refractivity contribution < 1.29 is 19.1 Å². The number of hydrogen-bond donors (Lipinski definition) is 2. The number of urea groups is 1. The number of ether oxygens (including phenoxy) is 2. The normalized spacial score (nSPS) is 17.3. The number of aromatic nitrogens is 3. The van der Waals surface area contributed by atoms with Gasteiger partial charge in [0.05, 0.1) is 19.5 Å². The Labute approximate surface area is 198 Å². The van der Waals surface area contributed by atoms with Crippen molar-refractivity contribution >= 4 is 23.7 Å². The number of amides is 3. The summed E-state index contributed by atoms with van der Waals surface area (Å²) in [7, 11) is 3.21. The molecule has 1 aromatic carbocycles. The molecule has 9 nitrogen and oxygen atoms in total. The number of methoxy groups -OCH3 is 2. The third-order valence-corrected chi connectivity index (χ3v) is 7.10. The van der Waals surface area contributed by atoms with Crippen LogP contribution >= 0.6 is 11.8 Å². The zero-order valence-electron chi connectivity index (χ0n) is 19.3. The Bertz CT molecular complexity index is 1000. The van der Waals surface area contributed by atoms with Crippen LogP contribution in [0.3, 0.4) is 0 Å². The molecule has 0 bridgehead atoms. The predicted molar refractivity (Wildman–Crippen MR) is 126 cm³/mol. The van der Waals surface area contributed by atoms with Crippen molar-refractivity contribution in [3.8, 4) is 22.9 Å². The first-order chi connectivity index (χ1) is 16.0. The largest absolute Gasteiger partial charge is 0.493 e. The number of benzene rings is 1. The van der Waals surface area contributed by atoms with Gasteiger partial charge < -0.3 is 14.8 Å². The fraction of sp³-hybridized carbons (Fsp3) is 0.565. The van der Waals surface area contributed by atoms with Crippen molar-refractivity contribution in [1.82, 2.24) is 25.4 Å². The lowest BCUT2D eigenvalue weighted by atomic mass is 9.95. The number of imide groups is 1. The fourth-order valence-electron chi connectivity index (χ4n) is 4.07. The highest BCUT2D eigenvalue weighted by molar-refractivity contribution is 8.00. The lowest BCUT2D eigenvalue weighted by Gasteiger charge is -2.26. The summed E-state index contributed by atoms with van der Waals surface area (Å²) in [6, 6.07) is 5.71. The molecule has 2 aliphatic carbocycles. The summed E-state index contributed by atoms with van der Waals surface area (Å²) in [5.74, 6) is 1.67. The highest BCUT2D eigenvalue weighted by atomic mass is 32.2. The predicted octanol–water partition coefficient (Wildman–Crippen LogP) is 3.94. The first-order valence-corrected chi connectivity index (χ1v) is 12.3. The second kappa shape index (κ2) is 10.5. The first-order valence-electron chi connectivity index (χ1n) is 11.5. The van der Waals surface area contributed by atoms with Crippen LogP contribution in [0.2, 0.25) is 0 Å².